The van der Waals surface area contributed by atoms with Crippen LogP contribution in [-0.2, 0) is 19.1 Å². The first kappa shape index (κ1) is 14.3. The zero-order valence-electron chi connectivity index (χ0n) is 11.2. The number of rotatable bonds is 4. The molecule has 2 fully saturated rings. The Morgan fingerprint density at radius 1 is 1.32 bits per heavy atom. The monoisotopic (exact) mass is 271 g/mol. The molecule has 1 amide bonds. The number of nitrogens with one attached hydrogen (secondary N) is 1. The van der Waals surface area contributed by atoms with E-state index in [1.165, 1.54) is 0 Å². The molecule has 2 unspecified atom stereocenters. The van der Waals surface area contributed by atoms with E-state index in [1.54, 1.807) is 0 Å². The molecule has 2 heterocycles. The zero-order valence-corrected chi connectivity index (χ0v) is 11.2. The second kappa shape index (κ2) is 5.88. The molecule has 0 aliphatic carbocycles. The SMILES string of the molecule is CC1CCOC1C(=O)NCC1(C(=O)O)CCOCC1. The fourth-order valence-electron chi connectivity index (χ4n) is 2.62. The van der Waals surface area contributed by atoms with Crippen LogP contribution in [0.4, 0.5) is 0 Å². The van der Waals surface area contributed by atoms with E-state index in [-0.39, 0.29) is 18.4 Å². The minimum Gasteiger partial charge on any atom is -0.481 e. The van der Waals surface area contributed by atoms with Crippen molar-refractivity contribution in [1.82, 2.24) is 5.32 Å². The van der Waals surface area contributed by atoms with Crippen molar-refractivity contribution in [2.45, 2.75) is 32.3 Å². The predicted octanol–water partition coefficient (Wildman–Crippen LogP) is 0.409. The molecule has 0 saturated carbocycles. The maximum atomic E-state index is 12.0. The topological polar surface area (TPSA) is 84.9 Å². The molecule has 2 aliphatic heterocycles. The highest BCUT2D eigenvalue weighted by Crippen LogP contribution is 2.30. The van der Waals surface area contributed by atoms with Gasteiger partial charge < -0.3 is 19.9 Å². The lowest BCUT2D eigenvalue weighted by Gasteiger charge is -2.33. The van der Waals surface area contributed by atoms with Gasteiger partial charge in [0.25, 0.3) is 0 Å². The van der Waals surface area contributed by atoms with Crippen LogP contribution >= 0.6 is 0 Å². The van der Waals surface area contributed by atoms with Crippen LogP contribution in [0.5, 0.6) is 0 Å². The van der Waals surface area contributed by atoms with Crippen LogP contribution < -0.4 is 5.32 Å². The van der Waals surface area contributed by atoms with Crippen molar-refractivity contribution in [3.63, 3.8) is 0 Å². The van der Waals surface area contributed by atoms with Gasteiger partial charge >= 0.3 is 5.97 Å². The third kappa shape index (κ3) is 3.06. The molecular formula is C13H21NO5. The first-order valence-corrected chi connectivity index (χ1v) is 6.76. The van der Waals surface area contributed by atoms with Crippen molar-refractivity contribution >= 4 is 11.9 Å². The van der Waals surface area contributed by atoms with Crippen molar-refractivity contribution in [3.05, 3.63) is 0 Å². The molecule has 6 heteroatoms. The van der Waals surface area contributed by atoms with E-state index in [0.717, 1.165) is 6.42 Å². The molecule has 0 radical (unpaired) electrons. The Hall–Kier alpha value is -1.14. The Labute approximate surface area is 112 Å². The summed E-state index contributed by atoms with van der Waals surface area (Å²) < 4.78 is 10.6. The van der Waals surface area contributed by atoms with Crippen molar-refractivity contribution in [1.29, 1.82) is 0 Å². The maximum absolute atomic E-state index is 12.0. The third-order valence-electron chi connectivity index (χ3n) is 4.15. The molecular weight excluding hydrogens is 250 g/mol. The van der Waals surface area contributed by atoms with E-state index in [2.05, 4.69) is 5.32 Å². The molecule has 2 rings (SSSR count). The lowest BCUT2D eigenvalue weighted by atomic mass is 9.80. The lowest BCUT2D eigenvalue weighted by molar-refractivity contribution is -0.155. The van der Waals surface area contributed by atoms with Gasteiger partial charge in [0.05, 0.1) is 5.41 Å². The first-order valence-electron chi connectivity index (χ1n) is 6.76. The molecule has 0 aromatic carbocycles. The first-order chi connectivity index (χ1) is 9.05. The molecule has 19 heavy (non-hydrogen) atoms. The Morgan fingerprint density at radius 3 is 2.53 bits per heavy atom. The van der Waals surface area contributed by atoms with E-state index in [0.29, 0.717) is 32.7 Å². The minimum atomic E-state index is -0.893. The van der Waals surface area contributed by atoms with Gasteiger partial charge in [-0.05, 0) is 25.2 Å². The number of carboxylic acid groups (broad SMARTS) is 1. The summed E-state index contributed by atoms with van der Waals surface area (Å²) in [6, 6.07) is 0. The summed E-state index contributed by atoms with van der Waals surface area (Å²) in [4.78, 5) is 23.4. The van der Waals surface area contributed by atoms with E-state index in [1.807, 2.05) is 6.92 Å². The molecule has 0 spiro atoms. The van der Waals surface area contributed by atoms with Crippen LogP contribution in [0.2, 0.25) is 0 Å². The van der Waals surface area contributed by atoms with Gasteiger partial charge in [-0.25, -0.2) is 0 Å². The average molecular weight is 271 g/mol. The summed E-state index contributed by atoms with van der Waals surface area (Å²) in [5.41, 5.74) is -0.893. The van der Waals surface area contributed by atoms with Gasteiger partial charge in [-0.15, -0.1) is 0 Å². The molecule has 2 N–H and O–H groups in total. The fourth-order valence-corrected chi connectivity index (χ4v) is 2.62. The standard InChI is InChI=1S/C13H21NO5/c1-9-2-5-19-10(9)11(15)14-8-13(12(16)17)3-6-18-7-4-13/h9-10H,2-8H2,1H3,(H,14,15)(H,16,17). The summed E-state index contributed by atoms with van der Waals surface area (Å²) in [5.74, 6) is -0.871. The molecule has 0 aromatic heterocycles. The van der Waals surface area contributed by atoms with Gasteiger partial charge in [0, 0.05) is 26.4 Å². The number of ether oxygens (including phenoxy) is 2. The van der Waals surface area contributed by atoms with Crippen LogP contribution in [0.1, 0.15) is 26.2 Å². The van der Waals surface area contributed by atoms with Crippen molar-refractivity contribution in [2.75, 3.05) is 26.4 Å². The number of hydrogen-bond donors (Lipinski definition) is 2. The fraction of sp³-hybridized carbons (Fsp3) is 0.846. The van der Waals surface area contributed by atoms with Crippen molar-refractivity contribution < 1.29 is 24.2 Å². The Morgan fingerprint density at radius 2 is 2.00 bits per heavy atom. The molecule has 0 bridgehead atoms. The predicted molar refractivity (Wildman–Crippen MR) is 66.7 cm³/mol. The summed E-state index contributed by atoms with van der Waals surface area (Å²) in [5, 5.41) is 12.1. The summed E-state index contributed by atoms with van der Waals surface area (Å²) in [7, 11) is 0. The number of carboxylic acids is 1. The maximum Gasteiger partial charge on any atom is 0.311 e. The van der Waals surface area contributed by atoms with E-state index in [9.17, 15) is 14.7 Å². The van der Waals surface area contributed by atoms with Crippen LogP contribution in [0.25, 0.3) is 0 Å². The largest absolute Gasteiger partial charge is 0.481 e. The van der Waals surface area contributed by atoms with Crippen LogP contribution in [0, 0.1) is 11.3 Å². The highest BCUT2D eigenvalue weighted by molar-refractivity contribution is 5.82. The zero-order chi connectivity index (χ0) is 13.9. The van der Waals surface area contributed by atoms with E-state index in [4.69, 9.17) is 9.47 Å². The van der Waals surface area contributed by atoms with Gasteiger partial charge in [0.1, 0.15) is 6.10 Å². The van der Waals surface area contributed by atoms with Crippen molar-refractivity contribution in [2.24, 2.45) is 11.3 Å². The molecule has 2 saturated heterocycles. The van der Waals surface area contributed by atoms with Crippen LogP contribution in [0.3, 0.4) is 0 Å². The summed E-state index contributed by atoms with van der Waals surface area (Å²) >= 11 is 0. The highest BCUT2D eigenvalue weighted by atomic mass is 16.5. The Balaban J connectivity index is 1.91. The molecule has 0 aromatic rings. The minimum absolute atomic E-state index is 0.150. The second-order valence-corrected chi connectivity index (χ2v) is 5.47. The van der Waals surface area contributed by atoms with E-state index >= 15 is 0 Å². The smallest absolute Gasteiger partial charge is 0.311 e. The van der Waals surface area contributed by atoms with Crippen LogP contribution in [-0.4, -0.2) is 49.5 Å². The summed E-state index contributed by atoms with van der Waals surface area (Å²) in [6.45, 7) is 3.57. The molecule has 2 atom stereocenters. The van der Waals surface area contributed by atoms with Crippen molar-refractivity contribution in [3.8, 4) is 0 Å². The molecule has 108 valence electrons. The molecule has 2 aliphatic rings. The Kier molecular flexibility index (Phi) is 4.42. The summed E-state index contributed by atoms with van der Waals surface area (Å²) in [6.07, 6.45) is 1.30. The molecule has 6 nitrogen and oxygen atoms in total. The van der Waals surface area contributed by atoms with Gasteiger partial charge in [-0.3, -0.25) is 9.59 Å². The second-order valence-electron chi connectivity index (χ2n) is 5.47. The van der Waals surface area contributed by atoms with E-state index < -0.39 is 17.5 Å². The number of carbonyl (C=O) groups excluding carboxylic acids is 1. The Bertz CT molecular complexity index is 351. The number of hydrogen-bond acceptors (Lipinski definition) is 4. The third-order valence-corrected chi connectivity index (χ3v) is 4.15. The normalized spacial score (nSPS) is 29.9. The quantitative estimate of drug-likeness (QED) is 0.773. The highest BCUT2D eigenvalue weighted by Gasteiger charge is 2.41. The van der Waals surface area contributed by atoms with Gasteiger partial charge in [0.2, 0.25) is 5.91 Å². The van der Waals surface area contributed by atoms with Gasteiger partial charge in [-0.1, -0.05) is 6.92 Å². The average Bonchev–Trinajstić information content (AvgIpc) is 2.83. The number of aliphatic carboxylic acids is 1. The number of carbonyl (C=O) groups is 2. The number of amides is 1. The van der Waals surface area contributed by atoms with Gasteiger partial charge in [0.15, 0.2) is 0 Å². The van der Waals surface area contributed by atoms with Gasteiger partial charge in [-0.2, -0.15) is 0 Å². The lowest BCUT2D eigenvalue weighted by Crippen LogP contribution is -2.49. The van der Waals surface area contributed by atoms with Crippen LogP contribution in [0.15, 0.2) is 0 Å².